The SMILES string of the molecule is COc1cncc(OC2CCN(C(=O)c3ccccc3Cl)C2)n1. The number of hydrogen-bond acceptors (Lipinski definition) is 5. The van der Waals surface area contributed by atoms with Gasteiger partial charge in [-0.3, -0.25) is 9.78 Å². The van der Waals surface area contributed by atoms with Crippen LogP contribution in [0.25, 0.3) is 0 Å². The third-order valence-electron chi connectivity index (χ3n) is 3.62. The van der Waals surface area contributed by atoms with E-state index in [4.69, 9.17) is 21.1 Å². The summed E-state index contributed by atoms with van der Waals surface area (Å²) in [6.07, 6.45) is 3.65. The zero-order chi connectivity index (χ0) is 16.2. The van der Waals surface area contributed by atoms with Crippen LogP contribution in [0.2, 0.25) is 5.02 Å². The highest BCUT2D eigenvalue weighted by Gasteiger charge is 2.29. The molecule has 1 atom stereocenters. The summed E-state index contributed by atoms with van der Waals surface area (Å²) >= 11 is 6.09. The Hall–Kier alpha value is -2.34. The van der Waals surface area contributed by atoms with E-state index >= 15 is 0 Å². The van der Waals surface area contributed by atoms with Gasteiger partial charge in [0.05, 0.1) is 36.6 Å². The Labute approximate surface area is 139 Å². The fourth-order valence-corrected chi connectivity index (χ4v) is 2.69. The molecule has 3 rings (SSSR count). The molecular formula is C16H16ClN3O3. The number of halogens is 1. The van der Waals surface area contributed by atoms with Crippen LogP contribution < -0.4 is 9.47 Å². The number of rotatable bonds is 4. The minimum Gasteiger partial charge on any atom is -0.480 e. The normalized spacial score (nSPS) is 17.1. The van der Waals surface area contributed by atoms with Crippen LogP contribution in [0, 0.1) is 0 Å². The first-order chi connectivity index (χ1) is 11.2. The van der Waals surface area contributed by atoms with Gasteiger partial charge in [0.1, 0.15) is 6.10 Å². The maximum atomic E-state index is 12.5. The van der Waals surface area contributed by atoms with Gasteiger partial charge in [0, 0.05) is 13.0 Å². The van der Waals surface area contributed by atoms with Crippen LogP contribution in [0.4, 0.5) is 0 Å². The molecular weight excluding hydrogens is 318 g/mol. The van der Waals surface area contributed by atoms with E-state index in [2.05, 4.69) is 9.97 Å². The van der Waals surface area contributed by atoms with Gasteiger partial charge in [-0.15, -0.1) is 0 Å². The van der Waals surface area contributed by atoms with Crippen LogP contribution in [0.15, 0.2) is 36.7 Å². The van der Waals surface area contributed by atoms with E-state index in [-0.39, 0.29) is 12.0 Å². The predicted octanol–water partition coefficient (Wildman–Crippen LogP) is 2.43. The number of aromatic nitrogens is 2. The molecule has 2 aromatic rings. The summed E-state index contributed by atoms with van der Waals surface area (Å²) in [6.45, 7) is 1.11. The van der Waals surface area contributed by atoms with E-state index in [0.717, 1.165) is 6.42 Å². The van der Waals surface area contributed by atoms with Gasteiger partial charge in [0.15, 0.2) is 0 Å². The lowest BCUT2D eigenvalue weighted by Crippen LogP contribution is -2.31. The summed E-state index contributed by atoms with van der Waals surface area (Å²) < 4.78 is 10.8. The molecule has 0 saturated carbocycles. The number of methoxy groups -OCH3 is 1. The van der Waals surface area contributed by atoms with E-state index in [0.29, 0.717) is 35.4 Å². The lowest BCUT2D eigenvalue weighted by Gasteiger charge is -2.17. The highest BCUT2D eigenvalue weighted by Crippen LogP contribution is 2.22. The van der Waals surface area contributed by atoms with Crippen molar-refractivity contribution in [3.63, 3.8) is 0 Å². The van der Waals surface area contributed by atoms with Gasteiger partial charge in [0.2, 0.25) is 11.8 Å². The van der Waals surface area contributed by atoms with E-state index in [1.54, 1.807) is 29.2 Å². The predicted molar refractivity (Wildman–Crippen MR) is 85.0 cm³/mol. The summed E-state index contributed by atoms with van der Waals surface area (Å²) in [4.78, 5) is 22.4. The first kappa shape index (κ1) is 15.6. The summed E-state index contributed by atoms with van der Waals surface area (Å²) in [7, 11) is 1.52. The van der Waals surface area contributed by atoms with E-state index in [1.165, 1.54) is 19.5 Å². The second kappa shape index (κ2) is 6.83. The average molecular weight is 334 g/mol. The summed E-state index contributed by atoms with van der Waals surface area (Å²) in [5, 5.41) is 0.459. The van der Waals surface area contributed by atoms with Crippen molar-refractivity contribution in [2.45, 2.75) is 12.5 Å². The van der Waals surface area contributed by atoms with Crippen molar-refractivity contribution in [2.24, 2.45) is 0 Å². The van der Waals surface area contributed by atoms with Crippen LogP contribution in [-0.4, -0.2) is 47.1 Å². The molecule has 7 heteroatoms. The highest BCUT2D eigenvalue weighted by atomic mass is 35.5. The Morgan fingerprint density at radius 2 is 2.09 bits per heavy atom. The molecule has 2 heterocycles. The Kier molecular flexibility index (Phi) is 4.62. The summed E-state index contributed by atoms with van der Waals surface area (Å²) in [5.74, 6) is 0.698. The topological polar surface area (TPSA) is 64.6 Å². The Morgan fingerprint density at radius 3 is 2.87 bits per heavy atom. The zero-order valence-electron chi connectivity index (χ0n) is 12.6. The summed E-state index contributed by atoms with van der Waals surface area (Å²) in [6, 6.07) is 7.04. The number of nitrogens with zero attached hydrogens (tertiary/aromatic N) is 3. The smallest absolute Gasteiger partial charge is 0.255 e. The average Bonchev–Trinajstić information content (AvgIpc) is 3.03. The number of carbonyl (C=O) groups excluding carboxylic acids is 1. The molecule has 1 aromatic heterocycles. The number of benzene rings is 1. The molecule has 6 nitrogen and oxygen atoms in total. The van der Waals surface area contributed by atoms with Crippen molar-refractivity contribution >= 4 is 17.5 Å². The van der Waals surface area contributed by atoms with Crippen molar-refractivity contribution in [2.75, 3.05) is 20.2 Å². The van der Waals surface area contributed by atoms with Crippen LogP contribution in [0.3, 0.4) is 0 Å². The van der Waals surface area contributed by atoms with Crippen molar-refractivity contribution in [1.29, 1.82) is 0 Å². The lowest BCUT2D eigenvalue weighted by atomic mass is 10.2. The van der Waals surface area contributed by atoms with E-state index in [1.807, 2.05) is 0 Å². The third-order valence-corrected chi connectivity index (χ3v) is 3.95. The molecule has 1 aliphatic rings. The molecule has 1 aromatic carbocycles. The van der Waals surface area contributed by atoms with Gasteiger partial charge >= 0.3 is 0 Å². The van der Waals surface area contributed by atoms with E-state index in [9.17, 15) is 4.79 Å². The van der Waals surface area contributed by atoms with Crippen LogP contribution in [-0.2, 0) is 0 Å². The maximum Gasteiger partial charge on any atom is 0.255 e. The quantitative estimate of drug-likeness (QED) is 0.859. The van der Waals surface area contributed by atoms with E-state index < -0.39 is 0 Å². The van der Waals surface area contributed by atoms with Crippen LogP contribution in [0.1, 0.15) is 16.8 Å². The van der Waals surface area contributed by atoms with Gasteiger partial charge in [0.25, 0.3) is 5.91 Å². The van der Waals surface area contributed by atoms with Crippen LogP contribution in [0.5, 0.6) is 11.8 Å². The highest BCUT2D eigenvalue weighted by molar-refractivity contribution is 6.33. The first-order valence-electron chi connectivity index (χ1n) is 7.24. The van der Waals surface area contributed by atoms with Crippen molar-refractivity contribution < 1.29 is 14.3 Å². The molecule has 0 radical (unpaired) electrons. The molecule has 0 bridgehead atoms. The number of carbonyl (C=O) groups is 1. The minimum absolute atomic E-state index is 0.0848. The van der Waals surface area contributed by atoms with Crippen molar-refractivity contribution in [3.8, 4) is 11.8 Å². The van der Waals surface area contributed by atoms with Gasteiger partial charge in [-0.05, 0) is 12.1 Å². The lowest BCUT2D eigenvalue weighted by molar-refractivity contribution is 0.0771. The van der Waals surface area contributed by atoms with Gasteiger partial charge in [-0.25, -0.2) is 0 Å². The van der Waals surface area contributed by atoms with Crippen molar-refractivity contribution in [1.82, 2.24) is 14.9 Å². The monoisotopic (exact) mass is 333 g/mol. The molecule has 1 saturated heterocycles. The van der Waals surface area contributed by atoms with Crippen molar-refractivity contribution in [3.05, 3.63) is 47.2 Å². The largest absolute Gasteiger partial charge is 0.480 e. The molecule has 1 fully saturated rings. The fraction of sp³-hybridized carbons (Fsp3) is 0.312. The molecule has 0 aliphatic carbocycles. The standard InChI is InChI=1S/C16H16ClN3O3/c1-22-14-8-18-9-15(19-14)23-11-6-7-20(10-11)16(21)12-4-2-3-5-13(12)17/h2-5,8-9,11H,6-7,10H2,1H3. The Morgan fingerprint density at radius 1 is 1.30 bits per heavy atom. The summed E-state index contributed by atoms with van der Waals surface area (Å²) in [5.41, 5.74) is 0.510. The maximum absolute atomic E-state index is 12.5. The number of hydrogen-bond donors (Lipinski definition) is 0. The third kappa shape index (κ3) is 3.53. The zero-order valence-corrected chi connectivity index (χ0v) is 13.4. The molecule has 120 valence electrons. The Bertz CT molecular complexity index is 710. The van der Waals surface area contributed by atoms with Crippen LogP contribution >= 0.6 is 11.6 Å². The van der Waals surface area contributed by atoms with Gasteiger partial charge in [-0.2, -0.15) is 4.98 Å². The molecule has 23 heavy (non-hydrogen) atoms. The molecule has 0 N–H and O–H groups in total. The molecule has 0 spiro atoms. The first-order valence-corrected chi connectivity index (χ1v) is 7.61. The number of ether oxygens (including phenoxy) is 2. The molecule has 1 aliphatic heterocycles. The molecule has 1 unspecified atom stereocenters. The molecule has 1 amide bonds. The second-order valence-electron chi connectivity index (χ2n) is 5.16. The Balaban J connectivity index is 1.64. The van der Waals surface area contributed by atoms with Gasteiger partial charge < -0.3 is 14.4 Å². The van der Waals surface area contributed by atoms with Gasteiger partial charge in [-0.1, -0.05) is 23.7 Å². The fourth-order valence-electron chi connectivity index (χ4n) is 2.47. The second-order valence-corrected chi connectivity index (χ2v) is 5.57. The number of likely N-dealkylation sites (tertiary alicyclic amines) is 1. The number of amides is 1. The minimum atomic E-state index is -0.122.